The lowest BCUT2D eigenvalue weighted by atomic mass is 9.98. The molecule has 0 radical (unpaired) electrons. The Labute approximate surface area is 121 Å². The molecule has 0 atom stereocenters. The Morgan fingerprint density at radius 3 is 2.25 bits per heavy atom. The van der Waals surface area contributed by atoms with Crippen LogP contribution in [0.2, 0.25) is 0 Å². The van der Waals surface area contributed by atoms with Gasteiger partial charge < -0.3 is 4.74 Å². The number of methoxy groups -OCH3 is 1. The summed E-state index contributed by atoms with van der Waals surface area (Å²) in [7, 11) is 1.69. The van der Waals surface area contributed by atoms with Crippen molar-refractivity contribution in [1.82, 2.24) is 0 Å². The summed E-state index contributed by atoms with van der Waals surface area (Å²) in [5, 5.41) is 0. The summed E-state index contributed by atoms with van der Waals surface area (Å²) in [5.41, 5.74) is 6.60. The molecule has 0 amide bonds. The second-order valence-corrected chi connectivity index (χ2v) is 5.10. The van der Waals surface area contributed by atoms with E-state index in [1.807, 2.05) is 12.1 Å². The highest BCUT2D eigenvalue weighted by Crippen LogP contribution is 2.20. The van der Waals surface area contributed by atoms with Crippen LogP contribution in [0, 0.1) is 13.8 Å². The van der Waals surface area contributed by atoms with E-state index in [-0.39, 0.29) is 0 Å². The molecule has 0 aliphatic carbocycles. The quantitative estimate of drug-likeness (QED) is 0.704. The SMILES string of the molecule is CCc1cc(C)c(/C=C/c2ccc(OC)cc2)cc1C. The van der Waals surface area contributed by atoms with E-state index >= 15 is 0 Å². The monoisotopic (exact) mass is 266 g/mol. The van der Waals surface area contributed by atoms with E-state index in [2.05, 4.69) is 57.2 Å². The number of ether oxygens (including phenoxy) is 1. The van der Waals surface area contributed by atoms with E-state index in [1.165, 1.54) is 27.8 Å². The first-order valence-electron chi connectivity index (χ1n) is 7.06. The van der Waals surface area contributed by atoms with Crippen molar-refractivity contribution in [3.05, 3.63) is 64.2 Å². The van der Waals surface area contributed by atoms with Gasteiger partial charge in [-0.2, -0.15) is 0 Å². The molecule has 0 bridgehead atoms. The lowest BCUT2D eigenvalue weighted by Crippen LogP contribution is -1.91. The zero-order chi connectivity index (χ0) is 14.5. The highest BCUT2D eigenvalue weighted by molar-refractivity contribution is 5.72. The van der Waals surface area contributed by atoms with Crippen LogP contribution in [0.1, 0.15) is 34.7 Å². The number of benzene rings is 2. The van der Waals surface area contributed by atoms with E-state index in [1.54, 1.807) is 7.11 Å². The fourth-order valence-electron chi connectivity index (χ4n) is 2.36. The highest BCUT2D eigenvalue weighted by atomic mass is 16.5. The molecule has 0 unspecified atom stereocenters. The van der Waals surface area contributed by atoms with Crippen LogP contribution in [0.25, 0.3) is 12.2 Å². The van der Waals surface area contributed by atoms with Crippen molar-refractivity contribution >= 4 is 12.2 Å². The van der Waals surface area contributed by atoms with E-state index in [0.29, 0.717) is 0 Å². The Hall–Kier alpha value is -2.02. The minimum Gasteiger partial charge on any atom is -0.497 e. The Morgan fingerprint density at radius 2 is 1.65 bits per heavy atom. The summed E-state index contributed by atoms with van der Waals surface area (Å²) < 4.78 is 5.17. The average molecular weight is 266 g/mol. The van der Waals surface area contributed by atoms with Crippen molar-refractivity contribution in [2.75, 3.05) is 7.11 Å². The van der Waals surface area contributed by atoms with Crippen LogP contribution < -0.4 is 4.74 Å². The normalized spacial score (nSPS) is 11.0. The minimum absolute atomic E-state index is 0.890. The van der Waals surface area contributed by atoms with Gasteiger partial charge in [0.15, 0.2) is 0 Å². The molecule has 0 saturated heterocycles. The first-order chi connectivity index (χ1) is 9.63. The van der Waals surface area contributed by atoms with Crippen molar-refractivity contribution in [2.45, 2.75) is 27.2 Å². The van der Waals surface area contributed by atoms with Crippen molar-refractivity contribution in [2.24, 2.45) is 0 Å². The summed E-state index contributed by atoms with van der Waals surface area (Å²) in [6, 6.07) is 12.7. The first-order valence-corrected chi connectivity index (χ1v) is 7.06. The van der Waals surface area contributed by atoms with Crippen LogP contribution in [0.4, 0.5) is 0 Å². The van der Waals surface area contributed by atoms with Gasteiger partial charge in [-0.3, -0.25) is 0 Å². The van der Waals surface area contributed by atoms with Gasteiger partial charge in [-0.05, 0) is 60.2 Å². The molecule has 0 N–H and O–H groups in total. The maximum Gasteiger partial charge on any atom is 0.118 e. The maximum atomic E-state index is 5.17. The Morgan fingerprint density at radius 1 is 0.950 bits per heavy atom. The summed E-state index contributed by atoms with van der Waals surface area (Å²) >= 11 is 0. The third-order valence-corrected chi connectivity index (χ3v) is 3.68. The molecule has 0 aliphatic rings. The molecule has 104 valence electrons. The molecule has 0 aliphatic heterocycles. The predicted octanol–water partition coefficient (Wildman–Crippen LogP) is 5.04. The van der Waals surface area contributed by atoms with Crippen molar-refractivity contribution in [3.63, 3.8) is 0 Å². The smallest absolute Gasteiger partial charge is 0.118 e. The fraction of sp³-hybridized carbons (Fsp3) is 0.263. The number of rotatable bonds is 4. The maximum absolute atomic E-state index is 5.17. The van der Waals surface area contributed by atoms with Gasteiger partial charge >= 0.3 is 0 Å². The zero-order valence-corrected chi connectivity index (χ0v) is 12.7. The Kier molecular flexibility index (Phi) is 4.62. The van der Waals surface area contributed by atoms with Crippen molar-refractivity contribution < 1.29 is 4.74 Å². The Bertz CT molecular complexity index is 606. The molecule has 20 heavy (non-hydrogen) atoms. The first kappa shape index (κ1) is 14.4. The summed E-state index contributed by atoms with van der Waals surface area (Å²) in [5.74, 6) is 0.890. The molecule has 0 fully saturated rings. The lowest BCUT2D eigenvalue weighted by Gasteiger charge is -2.08. The van der Waals surface area contributed by atoms with Gasteiger partial charge in [0.25, 0.3) is 0 Å². The third-order valence-electron chi connectivity index (χ3n) is 3.68. The van der Waals surface area contributed by atoms with Crippen LogP contribution in [0.3, 0.4) is 0 Å². The fourth-order valence-corrected chi connectivity index (χ4v) is 2.36. The second-order valence-electron chi connectivity index (χ2n) is 5.10. The summed E-state index contributed by atoms with van der Waals surface area (Å²) in [6.45, 7) is 6.56. The van der Waals surface area contributed by atoms with Crippen LogP contribution >= 0.6 is 0 Å². The molecule has 1 nitrogen and oxygen atoms in total. The van der Waals surface area contributed by atoms with Crippen molar-refractivity contribution in [3.8, 4) is 5.75 Å². The topological polar surface area (TPSA) is 9.23 Å². The van der Waals surface area contributed by atoms with Gasteiger partial charge in [-0.1, -0.05) is 43.3 Å². The number of hydrogen-bond acceptors (Lipinski definition) is 1. The van der Waals surface area contributed by atoms with Gasteiger partial charge in [0.05, 0.1) is 7.11 Å². The van der Waals surface area contributed by atoms with Crippen LogP contribution in [0.15, 0.2) is 36.4 Å². The highest BCUT2D eigenvalue weighted by Gasteiger charge is 2.01. The van der Waals surface area contributed by atoms with E-state index in [0.717, 1.165) is 12.2 Å². The molecular weight excluding hydrogens is 244 g/mol. The number of hydrogen-bond donors (Lipinski definition) is 0. The molecule has 0 saturated carbocycles. The predicted molar refractivity (Wildman–Crippen MR) is 87.2 cm³/mol. The van der Waals surface area contributed by atoms with Crippen molar-refractivity contribution in [1.29, 1.82) is 0 Å². The van der Waals surface area contributed by atoms with E-state index in [9.17, 15) is 0 Å². The van der Waals surface area contributed by atoms with Gasteiger partial charge in [0.1, 0.15) is 5.75 Å². The molecule has 2 aromatic rings. The zero-order valence-electron chi connectivity index (χ0n) is 12.7. The molecule has 2 aromatic carbocycles. The second kappa shape index (κ2) is 6.42. The molecule has 0 heterocycles. The van der Waals surface area contributed by atoms with Crippen LogP contribution in [0.5, 0.6) is 5.75 Å². The molecule has 0 spiro atoms. The van der Waals surface area contributed by atoms with E-state index in [4.69, 9.17) is 4.74 Å². The Balaban J connectivity index is 2.24. The van der Waals surface area contributed by atoms with Gasteiger partial charge in [0.2, 0.25) is 0 Å². The van der Waals surface area contributed by atoms with E-state index < -0.39 is 0 Å². The number of aryl methyl sites for hydroxylation is 3. The molecule has 0 aromatic heterocycles. The minimum atomic E-state index is 0.890. The summed E-state index contributed by atoms with van der Waals surface area (Å²) in [6.07, 6.45) is 5.42. The van der Waals surface area contributed by atoms with Gasteiger partial charge in [0, 0.05) is 0 Å². The third kappa shape index (κ3) is 3.30. The van der Waals surface area contributed by atoms with Crippen LogP contribution in [-0.4, -0.2) is 7.11 Å². The van der Waals surface area contributed by atoms with Gasteiger partial charge in [-0.15, -0.1) is 0 Å². The molecular formula is C19H22O. The molecule has 2 rings (SSSR count). The molecule has 1 heteroatoms. The average Bonchev–Trinajstić information content (AvgIpc) is 2.48. The largest absolute Gasteiger partial charge is 0.497 e. The lowest BCUT2D eigenvalue weighted by molar-refractivity contribution is 0.415. The summed E-state index contributed by atoms with van der Waals surface area (Å²) in [4.78, 5) is 0. The standard InChI is InChI=1S/C19H22O/c1-5-17-12-15(3)18(13-14(17)2)9-6-16-7-10-19(20-4)11-8-16/h6-13H,5H2,1-4H3/b9-6+. The van der Waals surface area contributed by atoms with Gasteiger partial charge in [-0.25, -0.2) is 0 Å². The van der Waals surface area contributed by atoms with Crippen LogP contribution in [-0.2, 0) is 6.42 Å².